The van der Waals surface area contributed by atoms with Gasteiger partial charge in [-0.05, 0) is 36.4 Å². The summed E-state index contributed by atoms with van der Waals surface area (Å²) in [6, 6.07) is 17.2. The summed E-state index contributed by atoms with van der Waals surface area (Å²) >= 11 is 7.28. The van der Waals surface area contributed by atoms with Gasteiger partial charge in [-0.3, -0.25) is 14.7 Å². The molecule has 4 rings (SSSR count). The second kappa shape index (κ2) is 9.32. The lowest BCUT2D eigenvalue weighted by atomic mass is 10.2. The Bertz CT molecular complexity index is 1170. The zero-order valence-corrected chi connectivity index (χ0v) is 18.4. The molecule has 0 unspecified atom stereocenters. The number of nitrogens with zero attached hydrogens (tertiary/aromatic N) is 5. The molecule has 8 nitrogen and oxygen atoms in total. The Balaban J connectivity index is 1.55. The number of anilines is 1. The molecule has 2 aromatic heterocycles. The second-order valence-electron chi connectivity index (χ2n) is 6.92. The van der Waals surface area contributed by atoms with Crippen LogP contribution in [-0.2, 0) is 4.79 Å². The zero-order chi connectivity index (χ0) is 21.8. The van der Waals surface area contributed by atoms with Crippen LogP contribution >= 0.6 is 23.4 Å². The molecule has 0 atom stereocenters. The van der Waals surface area contributed by atoms with E-state index in [2.05, 4.69) is 25.7 Å². The van der Waals surface area contributed by atoms with E-state index in [4.69, 9.17) is 16.0 Å². The van der Waals surface area contributed by atoms with Crippen molar-refractivity contribution in [1.82, 2.24) is 25.0 Å². The molecule has 31 heavy (non-hydrogen) atoms. The summed E-state index contributed by atoms with van der Waals surface area (Å²) in [5.74, 6) is 1.04. The van der Waals surface area contributed by atoms with Crippen LogP contribution < -0.4 is 5.32 Å². The van der Waals surface area contributed by atoms with Crippen LogP contribution in [-0.4, -0.2) is 36.6 Å². The monoisotopic (exact) mass is 454 g/mol. The lowest BCUT2D eigenvalue weighted by molar-refractivity contribution is -0.113. The highest BCUT2D eigenvalue weighted by Crippen LogP contribution is 2.28. The van der Waals surface area contributed by atoms with E-state index in [1.54, 1.807) is 12.1 Å². The maximum absolute atomic E-state index is 12.4. The van der Waals surface area contributed by atoms with Crippen molar-refractivity contribution in [3.63, 3.8) is 0 Å². The highest BCUT2D eigenvalue weighted by atomic mass is 35.5. The average Bonchev–Trinajstić information content (AvgIpc) is 3.41. The number of rotatable bonds is 7. The first-order valence-electron chi connectivity index (χ1n) is 9.54. The third-order valence-electron chi connectivity index (χ3n) is 4.26. The maximum atomic E-state index is 12.4. The molecule has 2 heterocycles. The lowest BCUT2D eigenvalue weighted by Crippen LogP contribution is -2.14. The molecule has 0 saturated carbocycles. The smallest absolute Gasteiger partial charge is 0.322 e. The minimum absolute atomic E-state index is 0.0840. The number of hydrogen-bond acceptors (Lipinski definition) is 7. The molecule has 158 valence electrons. The third-order valence-corrected chi connectivity index (χ3v) is 5.44. The summed E-state index contributed by atoms with van der Waals surface area (Å²) in [5, 5.41) is 20.3. The molecule has 1 amide bonds. The molecule has 0 radical (unpaired) electrons. The summed E-state index contributed by atoms with van der Waals surface area (Å²) in [5.41, 5.74) is 1.75. The van der Waals surface area contributed by atoms with Gasteiger partial charge in [0, 0.05) is 22.2 Å². The first kappa shape index (κ1) is 21.1. The predicted octanol–water partition coefficient (Wildman–Crippen LogP) is 4.82. The molecule has 0 aliphatic carbocycles. The van der Waals surface area contributed by atoms with Gasteiger partial charge < -0.3 is 4.42 Å². The molecular formula is C21H19ClN6O2S. The summed E-state index contributed by atoms with van der Waals surface area (Å²) < 4.78 is 7.33. The van der Waals surface area contributed by atoms with E-state index in [0.717, 1.165) is 11.3 Å². The van der Waals surface area contributed by atoms with Crippen molar-refractivity contribution in [2.75, 3.05) is 11.1 Å². The van der Waals surface area contributed by atoms with E-state index in [1.807, 2.05) is 60.9 Å². The number of hydrogen-bond donors (Lipinski definition) is 1. The number of amides is 1. The van der Waals surface area contributed by atoms with Crippen LogP contribution in [0.1, 0.15) is 25.7 Å². The predicted molar refractivity (Wildman–Crippen MR) is 120 cm³/mol. The molecule has 2 aromatic carbocycles. The molecule has 0 aliphatic heterocycles. The Morgan fingerprint density at radius 1 is 1.06 bits per heavy atom. The van der Waals surface area contributed by atoms with Crippen LogP contribution in [0, 0.1) is 0 Å². The minimum Gasteiger partial charge on any atom is -0.408 e. The number of para-hydroxylation sites is 1. The van der Waals surface area contributed by atoms with Crippen molar-refractivity contribution in [3.8, 4) is 17.1 Å². The normalized spacial score (nSPS) is 11.1. The van der Waals surface area contributed by atoms with E-state index in [9.17, 15) is 4.79 Å². The van der Waals surface area contributed by atoms with Crippen LogP contribution in [0.4, 0.5) is 6.01 Å². The Morgan fingerprint density at radius 2 is 1.81 bits per heavy atom. The van der Waals surface area contributed by atoms with Crippen LogP contribution in [0.15, 0.2) is 64.2 Å². The molecule has 0 aliphatic rings. The number of nitrogens with one attached hydrogen (secondary N) is 1. The maximum Gasteiger partial charge on any atom is 0.322 e. The Kier molecular flexibility index (Phi) is 6.34. The van der Waals surface area contributed by atoms with E-state index in [-0.39, 0.29) is 23.6 Å². The largest absolute Gasteiger partial charge is 0.408 e. The van der Waals surface area contributed by atoms with Crippen molar-refractivity contribution in [1.29, 1.82) is 0 Å². The molecule has 0 saturated heterocycles. The first-order chi connectivity index (χ1) is 15.0. The van der Waals surface area contributed by atoms with E-state index >= 15 is 0 Å². The quantitative estimate of drug-likeness (QED) is 0.399. The van der Waals surface area contributed by atoms with Crippen molar-refractivity contribution in [2.24, 2.45) is 0 Å². The molecule has 0 spiro atoms. The van der Waals surface area contributed by atoms with Gasteiger partial charge in [0.2, 0.25) is 11.8 Å². The fourth-order valence-electron chi connectivity index (χ4n) is 2.76. The minimum atomic E-state index is -0.278. The van der Waals surface area contributed by atoms with Crippen molar-refractivity contribution in [2.45, 2.75) is 24.9 Å². The molecule has 0 fully saturated rings. The Morgan fingerprint density at radius 3 is 2.48 bits per heavy atom. The van der Waals surface area contributed by atoms with Gasteiger partial charge in [0.05, 0.1) is 5.75 Å². The van der Waals surface area contributed by atoms with Gasteiger partial charge in [-0.15, -0.1) is 15.3 Å². The topological polar surface area (TPSA) is 98.7 Å². The van der Waals surface area contributed by atoms with E-state index in [0.29, 0.717) is 21.9 Å². The SMILES string of the molecule is CC(C)c1nnc(NC(=O)CSc2nnc(-c3ccc(Cl)cc3)n2-c2ccccc2)o1. The van der Waals surface area contributed by atoms with Gasteiger partial charge in [0.1, 0.15) is 0 Å². The summed E-state index contributed by atoms with van der Waals surface area (Å²) in [6.45, 7) is 3.87. The Labute approximate surface area is 188 Å². The molecule has 10 heteroatoms. The van der Waals surface area contributed by atoms with E-state index in [1.165, 1.54) is 11.8 Å². The fourth-order valence-corrected chi connectivity index (χ4v) is 3.64. The van der Waals surface area contributed by atoms with Gasteiger partial charge >= 0.3 is 6.01 Å². The molecule has 4 aromatic rings. The second-order valence-corrected chi connectivity index (χ2v) is 8.30. The Hall–Kier alpha value is -3.17. The number of aromatic nitrogens is 5. The van der Waals surface area contributed by atoms with Gasteiger partial charge in [-0.1, -0.05) is 60.5 Å². The van der Waals surface area contributed by atoms with Crippen LogP contribution in [0.25, 0.3) is 17.1 Å². The van der Waals surface area contributed by atoms with Crippen molar-refractivity contribution < 1.29 is 9.21 Å². The number of carbonyl (C=O) groups is 1. The van der Waals surface area contributed by atoms with Crippen LogP contribution in [0.5, 0.6) is 0 Å². The average molecular weight is 455 g/mol. The van der Waals surface area contributed by atoms with Crippen molar-refractivity contribution in [3.05, 3.63) is 65.5 Å². The summed E-state index contributed by atoms with van der Waals surface area (Å²) in [7, 11) is 0. The van der Waals surface area contributed by atoms with Gasteiger partial charge in [0.25, 0.3) is 0 Å². The summed E-state index contributed by atoms with van der Waals surface area (Å²) in [4.78, 5) is 12.4. The lowest BCUT2D eigenvalue weighted by Gasteiger charge is -2.10. The van der Waals surface area contributed by atoms with Crippen LogP contribution in [0.3, 0.4) is 0 Å². The summed E-state index contributed by atoms with van der Waals surface area (Å²) in [6.07, 6.45) is 0. The zero-order valence-electron chi connectivity index (χ0n) is 16.8. The highest BCUT2D eigenvalue weighted by Gasteiger charge is 2.18. The van der Waals surface area contributed by atoms with Gasteiger partial charge in [-0.25, -0.2) is 0 Å². The molecule has 0 bridgehead atoms. The van der Waals surface area contributed by atoms with E-state index < -0.39 is 0 Å². The molecular weight excluding hydrogens is 436 g/mol. The van der Waals surface area contributed by atoms with Gasteiger partial charge in [-0.2, -0.15) is 0 Å². The number of halogens is 1. The first-order valence-corrected chi connectivity index (χ1v) is 10.9. The number of thioether (sulfide) groups is 1. The standard InChI is InChI=1S/C21H19ClN6O2S/c1-13(2)19-25-26-20(30-19)23-17(29)12-31-21-27-24-18(14-8-10-15(22)11-9-14)28(21)16-6-4-3-5-7-16/h3-11,13H,12H2,1-2H3,(H,23,26,29). The highest BCUT2D eigenvalue weighted by molar-refractivity contribution is 7.99. The van der Waals surface area contributed by atoms with Crippen LogP contribution in [0.2, 0.25) is 5.02 Å². The number of carbonyl (C=O) groups excluding carboxylic acids is 1. The third kappa shape index (κ3) is 4.95. The van der Waals surface area contributed by atoms with Crippen molar-refractivity contribution >= 4 is 35.3 Å². The van der Waals surface area contributed by atoms with Gasteiger partial charge in [0.15, 0.2) is 11.0 Å². The molecule has 1 N–H and O–H groups in total. The fraction of sp³-hybridized carbons (Fsp3) is 0.190. The number of benzene rings is 2.